The van der Waals surface area contributed by atoms with Gasteiger partial charge in [-0.15, -0.1) is 0 Å². The fourth-order valence-electron chi connectivity index (χ4n) is 3.36. The molecule has 152 valence electrons. The fraction of sp³-hybridized carbons (Fsp3) is 0.217. The van der Waals surface area contributed by atoms with Crippen LogP contribution in [0, 0.1) is 6.92 Å². The Balaban J connectivity index is 1.77. The van der Waals surface area contributed by atoms with Crippen molar-refractivity contribution in [1.82, 2.24) is 19.7 Å². The zero-order chi connectivity index (χ0) is 21.3. The molecule has 3 heterocycles. The Labute approximate surface area is 183 Å². The van der Waals surface area contributed by atoms with Crippen molar-refractivity contribution in [3.8, 4) is 0 Å². The summed E-state index contributed by atoms with van der Waals surface area (Å²) in [6, 6.07) is 15.5. The minimum Gasteiger partial charge on any atom is -0.302 e. The third kappa shape index (κ3) is 3.98. The van der Waals surface area contributed by atoms with Gasteiger partial charge in [0.1, 0.15) is 0 Å². The Morgan fingerprint density at radius 2 is 1.93 bits per heavy atom. The van der Waals surface area contributed by atoms with Crippen LogP contribution in [0.25, 0.3) is 11.0 Å². The summed E-state index contributed by atoms with van der Waals surface area (Å²) in [6.07, 6.45) is 3.50. The van der Waals surface area contributed by atoms with E-state index in [4.69, 9.17) is 4.98 Å². The van der Waals surface area contributed by atoms with Crippen LogP contribution in [-0.2, 0) is 6.54 Å². The van der Waals surface area contributed by atoms with E-state index in [9.17, 15) is 4.79 Å². The van der Waals surface area contributed by atoms with Gasteiger partial charge in [0, 0.05) is 27.8 Å². The van der Waals surface area contributed by atoms with E-state index in [2.05, 4.69) is 39.9 Å². The highest BCUT2D eigenvalue weighted by Gasteiger charge is 2.22. The molecule has 0 atom stereocenters. The maximum atomic E-state index is 13.7. The summed E-state index contributed by atoms with van der Waals surface area (Å²) in [5.74, 6) is -0.118. The number of halogens is 1. The maximum absolute atomic E-state index is 13.7. The third-order valence-corrected chi connectivity index (χ3v) is 5.44. The Hall–Kier alpha value is -3.06. The first-order valence-corrected chi connectivity index (χ1v) is 10.6. The molecule has 30 heavy (non-hydrogen) atoms. The summed E-state index contributed by atoms with van der Waals surface area (Å²) in [5, 5.41) is 5.28. The molecule has 4 aromatic rings. The molecule has 0 bridgehead atoms. The molecular weight excluding hydrogens is 442 g/mol. The van der Waals surface area contributed by atoms with Crippen molar-refractivity contribution in [2.24, 2.45) is 0 Å². The first kappa shape index (κ1) is 20.2. The predicted molar refractivity (Wildman–Crippen MR) is 122 cm³/mol. The quantitative estimate of drug-likeness (QED) is 0.401. The van der Waals surface area contributed by atoms with E-state index < -0.39 is 0 Å². The van der Waals surface area contributed by atoms with Gasteiger partial charge in [0.2, 0.25) is 0 Å². The molecule has 0 saturated heterocycles. The van der Waals surface area contributed by atoms with Gasteiger partial charge in [0.15, 0.2) is 5.65 Å². The molecule has 0 radical (unpaired) electrons. The number of hydrogen-bond acceptors (Lipinski definition) is 4. The standard InChI is InChI=1S/C23H22BrN5O/c1-15(2)29-22-17(13-26-29)12-21(16(3)27-22)23(30)28(14-19-6-4-5-11-25-19)20-9-7-18(24)8-10-20/h4-13,15H,14H2,1-3H3. The molecule has 0 N–H and O–H groups in total. The Bertz CT molecular complexity index is 1190. The molecule has 6 nitrogen and oxygen atoms in total. The Kier molecular flexibility index (Phi) is 5.63. The normalized spacial score (nSPS) is 11.2. The number of anilines is 1. The van der Waals surface area contributed by atoms with E-state index >= 15 is 0 Å². The van der Waals surface area contributed by atoms with Crippen LogP contribution < -0.4 is 4.90 Å². The molecule has 0 aliphatic rings. The second kappa shape index (κ2) is 8.36. The minimum atomic E-state index is -0.118. The molecule has 0 saturated carbocycles. The SMILES string of the molecule is Cc1nc2c(cnn2C(C)C)cc1C(=O)N(Cc1ccccn1)c1ccc(Br)cc1. The largest absolute Gasteiger partial charge is 0.302 e. The van der Waals surface area contributed by atoms with Gasteiger partial charge >= 0.3 is 0 Å². The highest BCUT2D eigenvalue weighted by molar-refractivity contribution is 9.10. The molecule has 0 aliphatic carbocycles. The van der Waals surface area contributed by atoms with Gasteiger partial charge in [-0.3, -0.25) is 9.78 Å². The topological polar surface area (TPSA) is 63.9 Å². The van der Waals surface area contributed by atoms with Gasteiger partial charge < -0.3 is 4.90 Å². The van der Waals surface area contributed by atoms with E-state index in [-0.39, 0.29) is 11.9 Å². The molecule has 7 heteroatoms. The Morgan fingerprint density at radius 1 is 1.17 bits per heavy atom. The van der Waals surface area contributed by atoms with Crippen LogP contribution in [0.2, 0.25) is 0 Å². The molecule has 4 rings (SSSR count). The highest BCUT2D eigenvalue weighted by Crippen LogP contribution is 2.25. The molecular formula is C23H22BrN5O. The first-order chi connectivity index (χ1) is 14.4. The lowest BCUT2D eigenvalue weighted by Gasteiger charge is -2.23. The van der Waals surface area contributed by atoms with E-state index in [1.54, 1.807) is 17.3 Å². The number of aryl methyl sites for hydroxylation is 1. The number of hydrogen-bond donors (Lipinski definition) is 0. The van der Waals surface area contributed by atoms with Crippen LogP contribution in [-0.4, -0.2) is 25.7 Å². The van der Waals surface area contributed by atoms with Gasteiger partial charge in [0.25, 0.3) is 5.91 Å². The van der Waals surface area contributed by atoms with Gasteiger partial charge in [0.05, 0.1) is 29.7 Å². The summed E-state index contributed by atoms with van der Waals surface area (Å²) >= 11 is 3.46. The number of fused-ring (bicyclic) bond motifs is 1. The number of aromatic nitrogens is 4. The van der Waals surface area contributed by atoms with Crippen LogP contribution >= 0.6 is 15.9 Å². The summed E-state index contributed by atoms with van der Waals surface area (Å²) in [4.78, 5) is 24.5. The van der Waals surface area contributed by atoms with Crippen molar-refractivity contribution in [2.45, 2.75) is 33.4 Å². The van der Waals surface area contributed by atoms with Gasteiger partial charge in [-0.25, -0.2) is 9.67 Å². The average Bonchev–Trinajstić information content (AvgIpc) is 3.15. The molecule has 3 aromatic heterocycles. The van der Waals surface area contributed by atoms with E-state index in [0.717, 1.165) is 26.9 Å². The first-order valence-electron chi connectivity index (χ1n) is 9.76. The molecule has 1 aromatic carbocycles. The zero-order valence-corrected chi connectivity index (χ0v) is 18.7. The van der Waals surface area contributed by atoms with Crippen molar-refractivity contribution in [1.29, 1.82) is 0 Å². The minimum absolute atomic E-state index is 0.118. The lowest BCUT2D eigenvalue weighted by atomic mass is 10.1. The van der Waals surface area contributed by atoms with E-state index in [1.807, 2.05) is 60.1 Å². The van der Waals surface area contributed by atoms with Gasteiger partial charge in [-0.1, -0.05) is 22.0 Å². The summed E-state index contributed by atoms with van der Waals surface area (Å²) in [6.45, 7) is 6.35. The molecule has 0 aliphatic heterocycles. The number of amides is 1. The third-order valence-electron chi connectivity index (χ3n) is 4.91. The second-order valence-corrected chi connectivity index (χ2v) is 8.32. The van der Waals surface area contributed by atoms with Crippen LogP contribution in [0.5, 0.6) is 0 Å². The molecule has 1 amide bonds. The lowest BCUT2D eigenvalue weighted by molar-refractivity contribution is 0.0984. The molecule has 0 spiro atoms. The van der Waals surface area contributed by atoms with Gasteiger partial charge in [-0.05, 0) is 63.2 Å². The number of carbonyl (C=O) groups is 1. The number of pyridine rings is 2. The van der Waals surface area contributed by atoms with Crippen molar-refractivity contribution in [3.63, 3.8) is 0 Å². The summed E-state index contributed by atoms with van der Waals surface area (Å²) in [5.41, 5.74) is 3.64. The maximum Gasteiger partial charge on any atom is 0.260 e. The van der Waals surface area contributed by atoms with E-state index in [0.29, 0.717) is 17.8 Å². The summed E-state index contributed by atoms with van der Waals surface area (Å²) < 4.78 is 2.83. The highest BCUT2D eigenvalue weighted by atomic mass is 79.9. The van der Waals surface area contributed by atoms with Crippen LogP contribution in [0.15, 0.2) is 65.4 Å². The fourth-order valence-corrected chi connectivity index (χ4v) is 3.62. The monoisotopic (exact) mass is 463 g/mol. The van der Waals surface area contributed by atoms with Crippen molar-refractivity contribution in [2.75, 3.05) is 4.90 Å². The number of rotatable bonds is 5. The smallest absolute Gasteiger partial charge is 0.260 e. The summed E-state index contributed by atoms with van der Waals surface area (Å²) in [7, 11) is 0. The lowest BCUT2D eigenvalue weighted by Crippen LogP contribution is -2.31. The molecule has 0 unspecified atom stereocenters. The van der Waals surface area contributed by atoms with E-state index in [1.165, 1.54) is 0 Å². The van der Waals surface area contributed by atoms with Gasteiger partial charge in [-0.2, -0.15) is 5.10 Å². The Morgan fingerprint density at radius 3 is 2.60 bits per heavy atom. The van der Waals surface area contributed by atoms with Crippen LogP contribution in [0.3, 0.4) is 0 Å². The van der Waals surface area contributed by atoms with Crippen LogP contribution in [0.1, 0.15) is 41.6 Å². The zero-order valence-electron chi connectivity index (χ0n) is 17.1. The van der Waals surface area contributed by atoms with Crippen molar-refractivity contribution >= 4 is 38.6 Å². The predicted octanol–water partition coefficient (Wildman–Crippen LogP) is 5.33. The average molecular weight is 464 g/mol. The van der Waals surface area contributed by atoms with Crippen molar-refractivity contribution in [3.05, 3.63) is 82.3 Å². The van der Waals surface area contributed by atoms with Crippen molar-refractivity contribution < 1.29 is 4.79 Å². The number of benzene rings is 1. The second-order valence-electron chi connectivity index (χ2n) is 7.41. The number of carbonyl (C=O) groups excluding carboxylic acids is 1. The molecule has 0 fully saturated rings. The van der Waals surface area contributed by atoms with Crippen LogP contribution in [0.4, 0.5) is 5.69 Å². The number of nitrogens with zero attached hydrogens (tertiary/aromatic N) is 5.